The van der Waals surface area contributed by atoms with Gasteiger partial charge in [0.2, 0.25) is 0 Å². The number of hydrogen-bond donors (Lipinski definition) is 0. The van der Waals surface area contributed by atoms with Crippen molar-refractivity contribution in [3.63, 3.8) is 0 Å². The fraction of sp³-hybridized carbons (Fsp3) is 0.273. The van der Waals surface area contributed by atoms with Gasteiger partial charge in [0, 0.05) is 4.90 Å². The second-order valence-electron chi connectivity index (χ2n) is 3.78. The minimum atomic E-state index is -4.39. The Morgan fingerprint density at radius 1 is 1.19 bits per heavy atom. The summed E-state index contributed by atoms with van der Waals surface area (Å²) in [7, 11) is 2.54. The Morgan fingerprint density at radius 3 is 2.38 bits per heavy atom. The lowest BCUT2D eigenvalue weighted by Crippen LogP contribution is -2.15. The summed E-state index contributed by atoms with van der Waals surface area (Å²) in [5.41, 5.74) is -3.01. The summed E-state index contributed by atoms with van der Waals surface area (Å²) in [4.78, 5) is 0.432. The van der Waals surface area contributed by atoms with Gasteiger partial charge >= 0.3 is 5.51 Å². The first kappa shape index (κ1) is 11.9. The van der Waals surface area contributed by atoms with Crippen molar-refractivity contribution >= 4 is 26.0 Å². The van der Waals surface area contributed by atoms with Crippen LogP contribution in [-0.2, 0) is 0 Å². The molecule has 1 unspecified atom stereocenters. The fourth-order valence-corrected chi connectivity index (χ4v) is 4.37. The van der Waals surface area contributed by atoms with Gasteiger partial charge in [0.05, 0.1) is 0 Å². The van der Waals surface area contributed by atoms with Gasteiger partial charge in [0.1, 0.15) is 0 Å². The van der Waals surface area contributed by atoms with Crippen molar-refractivity contribution in [1.29, 1.82) is 0 Å². The third kappa shape index (κ3) is 1.47. The van der Waals surface area contributed by atoms with Crippen molar-refractivity contribution in [2.24, 2.45) is 0 Å². The van der Waals surface area contributed by atoms with Crippen LogP contribution < -0.4 is 0 Å². The van der Waals surface area contributed by atoms with Gasteiger partial charge in [0.15, 0.2) is 0 Å². The monoisotopic (exact) mass is 266 g/mol. The topological polar surface area (TPSA) is 0 Å². The Kier molecular flexibility index (Phi) is 2.55. The van der Waals surface area contributed by atoms with Crippen LogP contribution in [0.15, 0.2) is 28.0 Å². The molecule has 1 atom stereocenters. The van der Waals surface area contributed by atoms with E-state index in [0.29, 0.717) is 5.56 Å². The molecule has 0 saturated heterocycles. The highest BCUT2D eigenvalue weighted by Gasteiger charge is 2.54. The van der Waals surface area contributed by atoms with E-state index in [9.17, 15) is 13.2 Å². The first-order chi connectivity index (χ1) is 7.26. The molecular formula is C11H10ClF3S. The summed E-state index contributed by atoms with van der Waals surface area (Å²) in [5.74, 6) is 0. The molecule has 1 heterocycles. The lowest BCUT2D eigenvalue weighted by Gasteiger charge is -2.33. The Balaban J connectivity index is 2.69. The van der Waals surface area contributed by atoms with Crippen LogP contribution in [0.3, 0.4) is 0 Å². The molecule has 0 fully saturated rings. The maximum absolute atomic E-state index is 13.1. The van der Waals surface area contributed by atoms with Crippen LogP contribution in [0.5, 0.6) is 0 Å². The predicted molar refractivity (Wildman–Crippen MR) is 62.6 cm³/mol. The van der Waals surface area contributed by atoms with E-state index in [-0.39, 0.29) is 9.80 Å². The van der Waals surface area contributed by atoms with Gasteiger partial charge in [-0.1, -0.05) is 12.1 Å². The minimum absolute atomic E-state index is 0.210. The summed E-state index contributed by atoms with van der Waals surface area (Å²) in [5, 5.41) is 0. The highest BCUT2D eigenvalue weighted by molar-refractivity contribution is 8.54. The van der Waals surface area contributed by atoms with Crippen LogP contribution in [0.1, 0.15) is 18.1 Å². The third-order valence-electron chi connectivity index (χ3n) is 2.59. The molecule has 1 aliphatic heterocycles. The van der Waals surface area contributed by atoms with Gasteiger partial charge < -0.3 is 0 Å². The Bertz CT molecular complexity index is 479. The van der Waals surface area contributed by atoms with E-state index in [1.165, 1.54) is 19.1 Å². The van der Waals surface area contributed by atoms with E-state index >= 15 is 0 Å². The van der Waals surface area contributed by atoms with E-state index in [1.807, 2.05) is 0 Å². The summed E-state index contributed by atoms with van der Waals surface area (Å²) in [6.45, 7) is 3.21. The van der Waals surface area contributed by atoms with Gasteiger partial charge in [-0.2, -0.15) is 13.2 Å². The van der Waals surface area contributed by atoms with Crippen molar-refractivity contribution in [1.82, 2.24) is 0 Å². The molecule has 16 heavy (non-hydrogen) atoms. The average molecular weight is 267 g/mol. The fourth-order valence-electron chi connectivity index (χ4n) is 1.79. The van der Waals surface area contributed by atoms with Crippen LogP contribution in [0.25, 0.3) is 6.08 Å². The van der Waals surface area contributed by atoms with Crippen LogP contribution >= 0.6 is 19.9 Å². The maximum atomic E-state index is 13.1. The normalized spacial score (nSPS) is 28.2. The lowest BCUT2D eigenvalue weighted by atomic mass is 10.1. The standard InChI is InChI=1S/C11H10ClF3S/c1-7-3-4-9-6-8(2)16(12,10(9)5-7)11(13,14)15/h3-6H,1-2H3. The number of benzene rings is 1. The van der Waals surface area contributed by atoms with Crippen molar-refractivity contribution in [2.45, 2.75) is 24.3 Å². The van der Waals surface area contributed by atoms with E-state index in [2.05, 4.69) is 0 Å². The maximum Gasteiger partial charge on any atom is 0.445 e. The molecule has 2 rings (SSSR count). The number of alkyl halides is 3. The van der Waals surface area contributed by atoms with Crippen molar-refractivity contribution in [3.05, 3.63) is 34.2 Å². The number of rotatable bonds is 0. The molecule has 0 spiro atoms. The molecule has 0 saturated carbocycles. The van der Waals surface area contributed by atoms with E-state index in [1.54, 1.807) is 19.1 Å². The number of aryl methyl sites for hydroxylation is 1. The molecule has 0 amide bonds. The molecule has 0 aromatic heterocycles. The molecule has 88 valence electrons. The first-order valence-corrected chi connectivity index (χ1v) is 7.11. The number of fused-ring (bicyclic) bond motifs is 1. The summed E-state index contributed by atoms with van der Waals surface area (Å²) in [6.07, 6.45) is 1.53. The molecular weight excluding hydrogens is 257 g/mol. The molecule has 5 heteroatoms. The lowest BCUT2D eigenvalue weighted by molar-refractivity contribution is -0.0359. The van der Waals surface area contributed by atoms with Crippen molar-refractivity contribution in [3.8, 4) is 0 Å². The zero-order valence-corrected chi connectivity index (χ0v) is 10.3. The quantitative estimate of drug-likeness (QED) is 0.605. The number of halogens is 4. The predicted octanol–water partition coefficient (Wildman–Crippen LogP) is 5.21. The average Bonchev–Trinajstić information content (AvgIpc) is 2.41. The highest BCUT2D eigenvalue weighted by atomic mass is 35.7. The molecule has 1 aliphatic rings. The van der Waals surface area contributed by atoms with E-state index in [0.717, 1.165) is 5.56 Å². The van der Waals surface area contributed by atoms with E-state index in [4.69, 9.17) is 10.7 Å². The van der Waals surface area contributed by atoms with Crippen LogP contribution in [-0.4, -0.2) is 5.51 Å². The largest absolute Gasteiger partial charge is 0.445 e. The second kappa shape index (κ2) is 3.44. The second-order valence-corrected chi connectivity index (χ2v) is 7.79. The first-order valence-electron chi connectivity index (χ1n) is 4.65. The van der Waals surface area contributed by atoms with Crippen molar-refractivity contribution < 1.29 is 13.2 Å². The molecule has 0 radical (unpaired) electrons. The number of hydrogen-bond acceptors (Lipinski definition) is 0. The zero-order chi connectivity index (χ0) is 12.1. The van der Waals surface area contributed by atoms with Crippen molar-refractivity contribution in [2.75, 3.05) is 0 Å². The molecule has 0 N–H and O–H groups in total. The van der Waals surface area contributed by atoms with Gasteiger partial charge in [0.25, 0.3) is 0 Å². The molecule has 1 aromatic carbocycles. The Labute approximate surface area is 97.9 Å². The summed E-state index contributed by atoms with van der Waals surface area (Å²) >= 11 is 0. The third-order valence-corrected chi connectivity index (χ3v) is 6.95. The number of allylic oxidation sites excluding steroid dienone is 1. The smallest absolute Gasteiger partial charge is 0.160 e. The van der Waals surface area contributed by atoms with Gasteiger partial charge in [-0.15, -0.1) is 0 Å². The SMILES string of the molecule is CC1=Cc2ccc(C)cc2S1(Cl)C(F)(F)F. The molecule has 0 aliphatic carbocycles. The van der Waals surface area contributed by atoms with Crippen LogP contribution in [0, 0.1) is 6.92 Å². The minimum Gasteiger partial charge on any atom is -0.160 e. The van der Waals surface area contributed by atoms with Gasteiger partial charge in [-0.05, 0) is 61.9 Å². The molecule has 0 bridgehead atoms. The van der Waals surface area contributed by atoms with E-state index < -0.39 is 14.7 Å². The molecule has 0 nitrogen and oxygen atoms in total. The molecule has 1 aromatic rings. The van der Waals surface area contributed by atoms with Crippen LogP contribution in [0.2, 0.25) is 0 Å². The van der Waals surface area contributed by atoms with Gasteiger partial charge in [-0.3, -0.25) is 0 Å². The Morgan fingerprint density at radius 2 is 1.81 bits per heavy atom. The zero-order valence-electron chi connectivity index (χ0n) is 8.73. The highest BCUT2D eigenvalue weighted by Crippen LogP contribution is 2.79. The summed E-state index contributed by atoms with van der Waals surface area (Å²) in [6, 6.07) is 5.02. The Hall–Kier alpha value is -0.610. The summed E-state index contributed by atoms with van der Waals surface area (Å²) < 4.78 is 39.2. The van der Waals surface area contributed by atoms with Crippen LogP contribution in [0.4, 0.5) is 13.2 Å². The van der Waals surface area contributed by atoms with Gasteiger partial charge in [-0.25, -0.2) is 0 Å².